The fourth-order valence-corrected chi connectivity index (χ4v) is 1.77. The van der Waals surface area contributed by atoms with Gasteiger partial charge in [-0.25, -0.2) is 0 Å². The Morgan fingerprint density at radius 2 is 2.14 bits per heavy atom. The van der Waals surface area contributed by atoms with E-state index in [4.69, 9.17) is 0 Å². The lowest BCUT2D eigenvalue weighted by molar-refractivity contribution is 0.0975. The van der Waals surface area contributed by atoms with E-state index in [9.17, 15) is 4.79 Å². The van der Waals surface area contributed by atoms with Gasteiger partial charge in [0.2, 0.25) is 0 Å². The molecule has 0 heterocycles. The summed E-state index contributed by atoms with van der Waals surface area (Å²) in [6, 6.07) is 7.78. The molecular formula is C12H15IO. The smallest absolute Gasteiger partial charge is 0.162 e. The Kier molecular flexibility index (Phi) is 4.58. The van der Waals surface area contributed by atoms with E-state index in [1.54, 1.807) is 0 Å². The zero-order valence-corrected chi connectivity index (χ0v) is 10.7. The number of hydrogen-bond acceptors (Lipinski definition) is 1. The van der Waals surface area contributed by atoms with Crippen molar-refractivity contribution in [2.45, 2.75) is 26.7 Å². The number of hydrogen-bond donors (Lipinski definition) is 0. The minimum Gasteiger partial charge on any atom is -0.294 e. The molecule has 0 amide bonds. The van der Waals surface area contributed by atoms with Crippen molar-refractivity contribution >= 4 is 28.4 Å². The molecule has 2 heteroatoms. The van der Waals surface area contributed by atoms with Gasteiger partial charge in [0.05, 0.1) is 0 Å². The van der Waals surface area contributed by atoms with E-state index in [-0.39, 0.29) is 5.78 Å². The Hall–Kier alpha value is -0.380. The molecule has 1 aromatic carbocycles. The first-order chi connectivity index (χ1) is 6.59. The van der Waals surface area contributed by atoms with Gasteiger partial charge in [0.15, 0.2) is 5.78 Å². The summed E-state index contributed by atoms with van der Waals surface area (Å²) in [5.41, 5.74) is 0.845. The van der Waals surface area contributed by atoms with E-state index in [0.717, 1.165) is 15.6 Å². The number of rotatable bonds is 4. The van der Waals surface area contributed by atoms with Gasteiger partial charge >= 0.3 is 0 Å². The van der Waals surface area contributed by atoms with Crippen LogP contribution >= 0.6 is 22.6 Å². The Balaban J connectivity index is 2.61. The van der Waals surface area contributed by atoms with E-state index in [0.29, 0.717) is 12.3 Å². The molecule has 0 saturated carbocycles. The van der Waals surface area contributed by atoms with Crippen LogP contribution in [0.4, 0.5) is 0 Å². The SMILES string of the molecule is CC(C)CCC(=O)c1cccc(I)c1. The average Bonchev–Trinajstić information content (AvgIpc) is 2.14. The van der Waals surface area contributed by atoms with Crippen LogP contribution in [0.15, 0.2) is 24.3 Å². The van der Waals surface area contributed by atoms with Crippen LogP contribution in [-0.2, 0) is 0 Å². The van der Waals surface area contributed by atoms with Crippen LogP contribution in [0.5, 0.6) is 0 Å². The van der Waals surface area contributed by atoms with Gasteiger partial charge in [-0.2, -0.15) is 0 Å². The summed E-state index contributed by atoms with van der Waals surface area (Å²) in [5, 5.41) is 0. The Morgan fingerprint density at radius 3 is 2.71 bits per heavy atom. The minimum atomic E-state index is 0.261. The Bertz CT molecular complexity index is 318. The molecule has 0 radical (unpaired) electrons. The minimum absolute atomic E-state index is 0.261. The second-order valence-electron chi connectivity index (χ2n) is 3.87. The monoisotopic (exact) mass is 302 g/mol. The van der Waals surface area contributed by atoms with Gasteiger partial charge in [0, 0.05) is 15.6 Å². The summed E-state index contributed by atoms with van der Waals surface area (Å²) in [4.78, 5) is 11.7. The number of carbonyl (C=O) groups is 1. The third-order valence-electron chi connectivity index (χ3n) is 2.10. The number of ketones is 1. The zero-order chi connectivity index (χ0) is 10.6. The molecule has 0 unspecified atom stereocenters. The van der Waals surface area contributed by atoms with Crippen molar-refractivity contribution in [2.24, 2.45) is 5.92 Å². The molecule has 0 saturated heterocycles. The normalized spacial score (nSPS) is 10.6. The van der Waals surface area contributed by atoms with E-state index in [1.807, 2.05) is 24.3 Å². The van der Waals surface area contributed by atoms with Crippen LogP contribution in [0.3, 0.4) is 0 Å². The third kappa shape index (κ3) is 3.78. The topological polar surface area (TPSA) is 17.1 Å². The lowest BCUT2D eigenvalue weighted by Gasteiger charge is -2.04. The predicted octanol–water partition coefficient (Wildman–Crippen LogP) is 3.91. The van der Waals surface area contributed by atoms with Crippen molar-refractivity contribution in [1.29, 1.82) is 0 Å². The summed E-state index contributed by atoms with van der Waals surface area (Å²) in [6.07, 6.45) is 1.64. The lowest BCUT2D eigenvalue weighted by Crippen LogP contribution is -2.01. The third-order valence-corrected chi connectivity index (χ3v) is 2.77. The van der Waals surface area contributed by atoms with Gasteiger partial charge in [0.25, 0.3) is 0 Å². The standard InChI is InChI=1S/C12H15IO/c1-9(2)6-7-12(14)10-4-3-5-11(13)8-10/h3-5,8-9H,6-7H2,1-2H3. The van der Waals surface area contributed by atoms with Crippen LogP contribution in [0.1, 0.15) is 37.0 Å². The largest absolute Gasteiger partial charge is 0.294 e. The molecule has 0 bridgehead atoms. The number of benzene rings is 1. The highest BCUT2D eigenvalue weighted by atomic mass is 127. The van der Waals surface area contributed by atoms with E-state index in [2.05, 4.69) is 36.4 Å². The molecule has 0 aliphatic rings. The Morgan fingerprint density at radius 1 is 1.43 bits per heavy atom. The second-order valence-corrected chi connectivity index (χ2v) is 5.11. The first kappa shape index (κ1) is 11.7. The molecule has 14 heavy (non-hydrogen) atoms. The van der Waals surface area contributed by atoms with E-state index < -0.39 is 0 Å². The second kappa shape index (κ2) is 5.49. The van der Waals surface area contributed by atoms with Gasteiger partial charge in [-0.15, -0.1) is 0 Å². The molecule has 0 aliphatic carbocycles. The van der Waals surface area contributed by atoms with Gasteiger partial charge in [-0.1, -0.05) is 26.0 Å². The summed E-state index contributed by atoms with van der Waals surface area (Å²) in [6.45, 7) is 4.28. The first-order valence-electron chi connectivity index (χ1n) is 4.88. The molecule has 0 spiro atoms. The highest BCUT2D eigenvalue weighted by molar-refractivity contribution is 14.1. The van der Waals surface area contributed by atoms with Crippen LogP contribution in [0.2, 0.25) is 0 Å². The maximum atomic E-state index is 11.7. The van der Waals surface area contributed by atoms with Crippen molar-refractivity contribution in [3.8, 4) is 0 Å². The maximum Gasteiger partial charge on any atom is 0.162 e. The van der Waals surface area contributed by atoms with E-state index >= 15 is 0 Å². The quantitative estimate of drug-likeness (QED) is 0.609. The molecule has 0 aliphatic heterocycles. The van der Waals surface area contributed by atoms with Crippen molar-refractivity contribution < 1.29 is 4.79 Å². The van der Waals surface area contributed by atoms with Crippen molar-refractivity contribution in [3.05, 3.63) is 33.4 Å². The van der Waals surface area contributed by atoms with Crippen molar-refractivity contribution in [2.75, 3.05) is 0 Å². The molecule has 76 valence electrons. The zero-order valence-electron chi connectivity index (χ0n) is 8.59. The highest BCUT2D eigenvalue weighted by Gasteiger charge is 2.06. The summed E-state index contributed by atoms with van der Waals surface area (Å²) in [5.74, 6) is 0.860. The highest BCUT2D eigenvalue weighted by Crippen LogP contribution is 2.12. The molecule has 0 fully saturated rings. The molecule has 1 rings (SSSR count). The fourth-order valence-electron chi connectivity index (χ4n) is 1.23. The maximum absolute atomic E-state index is 11.7. The molecule has 0 aromatic heterocycles. The van der Waals surface area contributed by atoms with Gasteiger partial charge in [-0.05, 0) is 47.1 Å². The van der Waals surface area contributed by atoms with Crippen LogP contribution in [0, 0.1) is 9.49 Å². The van der Waals surface area contributed by atoms with Crippen LogP contribution < -0.4 is 0 Å². The van der Waals surface area contributed by atoms with E-state index in [1.165, 1.54) is 0 Å². The van der Waals surface area contributed by atoms with Crippen molar-refractivity contribution in [1.82, 2.24) is 0 Å². The molecule has 1 aromatic rings. The average molecular weight is 302 g/mol. The molecule has 0 atom stereocenters. The van der Waals surface area contributed by atoms with Gasteiger partial charge in [-0.3, -0.25) is 4.79 Å². The molecule has 1 nitrogen and oxygen atoms in total. The summed E-state index contributed by atoms with van der Waals surface area (Å²) < 4.78 is 1.12. The summed E-state index contributed by atoms with van der Waals surface area (Å²) in [7, 11) is 0. The van der Waals surface area contributed by atoms with Crippen molar-refractivity contribution in [3.63, 3.8) is 0 Å². The number of carbonyl (C=O) groups excluding carboxylic acids is 1. The number of Topliss-reactive ketones (excluding diaryl/α,β-unsaturated/α-hetero) is 1. The number of halogens is 1. The van der Waals surface area contributed by atoms with Crippen LogP contribution in [-0.4, -0.2) is 5.78 Å². The molecule has 0 N–H and O–H groups in total. The Labute approximate surface area is 99.0 Å². The van der Waals surface area contributed by atoms with Crippen LogP contribution in [0.25, 0.3) is 0 Å². The van der Waals surface area contributed by atoms with Gasteiger partial charge in [0.1, 0.15) is 0 Å². The predicted molar refractivity (Wildman–Crippen MR) is 67.6 cm³/mol. The summed E-state index contributed by atoms with van der Waals surface area (Å²) >= 11 is 2.23. The van der Waals surface area contributed by atoms with Gasteiger partial charge < -0.3 is 0 Å². The first-order valence-corrected chi connectivity index (χ1v) is 5.96. The fraction of sp³-hybridized carbons (Fsp3) is 0.417. The molecular weight excluding hydrogens is 287 g/mol. The lowest BCUT2D eigenvalue weighted by atomic mass is 10.0.